The molecule has 0 amide bonds. The normalized spacial score (nSPS) is 11.1. The molecule has 0 unspecified atom stereocenters. The highest BCUT2D eigenvalue weighted by atomic mass is 79.9. The molecule has 3 aromatic rings. The van der Waals surface area contributed by atoms with Crippen molar-refractivity contribution in [1.29, 1.82) is 0 Å². The van der Waals surface area contributed by atoms with Crippen LogP contribution < -0.4 is 9.47 Å². The summed E-state index contributed by atoms with van der Waals surface area (Å²) < 4.78 is 17.0. The fraction of sp³-hybridized carbons (Fsp3) is 0.143. The Morgan fingerprint density at radius 2 is 1.89 bits per heavy atom. The van der Waals surface area contributed by atoms with Crippen molar-refractivity contribution in [3.63, 3.8) is 0 Å². The summed E-state index contributed by atoms with van der Waals surface area (Å²) >= 11 is 3.27. The predicted octanol–water partition coefficient (Wildman–Crippen LogP) is 4.07. The Hall–Kier alpha value is -1.88. The van der Waals surface area contributed by atoms with Crippen LogP contribution in [0.4, 0.5) is 0 Å². The molecule has 0 saturated carbocycles. The van der Waals surface area contributed by atoms with Gasteiger partial charge in [-0.25, -0.2) is 0 Å². The van der Waals surface area contributed by atoms with Gasteiger partial charge in [-0.15, -0.1) is 0 Å². The Balaban J connectivity index is 2.50. The standard InChI is InChI=1S/C14H11BrO4/c1-17-11-4-3-10-13(14(11)18-2)7-5-9(16)8(15)6-12(7)19-10/h3-6,16H,1-2H3. The minimum Gasteiger partial charge on any atom is -0.507 e. The number of aromatic hydroxyl groups is 1. The Morgan fingerprint density at radius 1 is 1.11 bits per heavy atom. The molecule has 1 aromatic heterocycles. The van der Waals surface area contributed by atoms with Gasteiger partial charge in [-0.1, -0.05) is 0 Å². The number of furan rings is 1. The Labute approximate surface area is 117 Å². The van der Waals surface area contributed by atoms with Crippen molar-refractivity contribution in [2.75, 3.05) is 14.2 Å². The monoisotopic (exact) mass is 322 g/mol. The van der Waals surface area contributed by atoms with Gasteiger partial charge in [0.2, 0.25) is 0 Å². The van der Waals surface area contributed by atoms with E-state index in [2.05, 4.69) is 15.9 Å². The maximum Gasteiger partial charge on any atom is 0.172 e. The topological polar surface area (TPSA) is 51.8 Å². The van der Waals surface area contributed by atoms with Gasteiger partial charge in [0.15, 0.2) is 11.5 Å². The number of benzene rings is 2. The third-order valence-electron chi connectivity index (χ3n) is 3.05. The fourth-order valence-corrected chi connectivity index (χ4v) is 2.51. The van der Waals surface area contributed by atoms with Gasteiger partial charge in [0, 0.05) is 5.39 Å². The van der Waals surface area contributed by atoms with E-state index in [1.807, 2.05) is 6.07 Å². The second kappa shape index (κ2) is 4.35. The Bertz CT molecular complexity index is 776. The third kappa shape index (κ3) is 1.73. The summed E-state index contributed by atoms with van der Waals surface area (Å²) in [7, 11) is 3.16. The molecule has 0 aliphatic carbocycles. The van der Waals surface area contributed by atoms with E-state index < -0.39 is 0 Å². The number of methoxy groups -OCH3 is 2. The van der Waals surface area contributed by atoms with E-state index in [1.54, 1.807) is 32.4 Å². The van der Waals surface area contributed by atoms with Crippen molar-refractivity contribution in [3.8, 4) is 17.2 Å². The lowest BCUT2D eigenvalue weighted by molar-refractivity contribution is 0.358. The van der Waals surface area contributed by atoms with Crippen LogP contribution in [0.5, 0.6) is 17.2 Å². The van der Waals surface area contributed by atoms with Crippen LogP contribution in [0.3, 0.4) is 0 Å². The van der Waals surface area contributed by atoms with Crippen molar-refractivity contribution >= 4 is 37.9 Å². The summed E-state index contributed by atoms with van der Waals surface area (Å²) in [6, 6.07) is 6.99. The lowest BCUT2D eigenvalue weighted by Gasteiger charge is -2.07. The maximum absolute atomic E-state index is 9.82. The second-order valence-corrected chi connectivity index (χ2v) is 4.93. The van der Waals surface area contributed by atoms with Crippen LogP contribution in [0.1, 0.15) is 0 Å². The fourth-order valence-electron chi connectivity index (χ4n) is 2.19. The summed E-state index contributed by atoms with van der Waals surface area (Å²) in [5.74, 6) is 1.38. The summed E-state index contributed by atoms with van der Waals surface area (Å²) in [4.78, 5) is 0. The molecule has 0 atom stereocenters. The van der Waals surface area contributed by atoms with E-state index in [0.29, 0.717) is 27.1 Å². The number of rotatable bonds is 2. The molecule has 2 aromatic carbocycles. The van der Waals surface area contributed by atoms with Crippen LogP contribution in [0.25, 0.3) is 21.9 Å². The molecule has 1 N–H and O–H groups in total. The number of phenolic OH excluding ortho intramolecular Hbond substituents is 1. The average molecular weight is 323 g/mol. The molecule has 0 radical (unpaired) electrons. The van der Waals surface area contributed by atoms with Gasteiger partial charge in [-0.05, 0) is 40.2 Å². The van der Waals surface area contributed by atoms with Crippen molar-refractivity contribution < 1.29 is 19.0 Å². The van der Waals surface area contributed by atoms with Gasteiger partial charge in [-0.2, -0.15) is 0 Å². The molecular formula is C14H11BrO4. The largest absolute Gasteiger partial charge is 0.507 e. The molecular weight excluding hydrogens is 312 g/mol. The first-order chi connectivity index (χ1) is 9.15. The van der Waals surface area contributed by atoms with Crippen molar-refractivity contribution in [1.82, 2.24) is 0 Å². The summed E-state index contributed by atoms with van der Waals surface area (Å²) in [5, 5.41) is 11.4. The minimum atomic E-state index is 0.153. The van der Waals surface area contributed by atoms with Gasteiger partial charge in [0.1, 0.15) is 16.9 Å². The first-order valence-corrected chi connectivity index (χ1v) is 6.40. The number of halogens is 1. The molecule has 0 bridgehead atoms. The van der Waals surface area contributed by atoms with Crippen LogP contribution in [0.15, 0.2) is 33.2 Å². The zero-order valence-electron chi connectivity index (χ0n) is 10.4. The molecule has 0 spiro atoms. The zero-order valence-corrected chi connectivity index (χ0v) is 11.9. The quantitative estimate of drug-likeness (QED) is 0.772. The van der Waals surface area contributed by atoms with Crippen LogP contribution in [0.2, 0.25) is 0 Å². The van der Waals surface area contributed by atoms with E-state index in [9.17, 15) is 5.11 Å². The number of hydrogen-bond donors (Lipinski definition) is 1. The van der Waals surface area contributed by atoms with Gasteiger partial charge >= 0.3 is 0 Å². The summed E-state index contributed by atoms with van der Waals surface area (Å²) in [6.45, 7) is 0. The average Bonchev–Trinajstić information content (AvgIpc) is 2.75. The number of ether oxygens (including phenoxy) is 2. The van der Waals surface area contributed by atoms with E-state index in [0.717, 1.165) is 10.8 Å². The Kier molecular flexibility index (Phi) is 2.78. The predicted molar refractivity (Wildman–Crippen MR) is 76.2 cm³/mol. The smallest absolute Gasteiger partial charge is 0.172 e. The number of phenols is 1. The molecule has 0 saturated heterocycles. The van der Waals surface area contributed by atoms with E-state index >= 15 is 0 Å². The van der Waals surface area contributed by atoms with Gasteiger partial charge in [0.05, 0.1) is 24.1 Å². The molecule has 1 heterocycles. The molecule has 0 fully saturated rings. The van der Waals surface area contributed by atoms with Crippen LogP contribution >= 0.6 is 15.9 Å². The minimum absolute atomic E-state index is 0.153. The molecule has 0 aliphatic heterocycles. The van der Waals surface area contributed by atoms with E-state index in [1.165, 1.54) is 0 Å². The molecule has 5 heteroatoms. The zero-order chi connectivity index (χ0) is 13.6. The second-order valence-electron chi connectivity index (χ2n) is 4.08. The lowest BCUT2D eigenvalue weighted by Crippen LogP contribution is -1.90. The van der Waals surface area contributed by atoms with E-state index in [4.69, 9.17) is 13.9 Å². The van der Waals surface area contributed by atoms with Crippen molar-refractivity contribution in [3.05, 3.63) is 28.7 Å². The van der Waals surface area contributed by atoms with Gasteiger partial charge in [0.25, 0.3) is 0 Å². The van der Waals surface area contributed by atoms with Gasteiger partial charge < -0.3 is 19.0 Å². The first kappa shape index (κ1) is 12.2. The first-order valence-electron chi connectivity index (χ1n) is 5.61. The molecule has 4 nitrogen and oxygen atoms in total. The van der Waals surface area contributed by atoms with Gasteiger partial charge in [-0.3, -0.25) is 0 Å². The van der Waals surface area contributed by atoms with Crippen molar-refractivity contribution in [2.45, 2.75) is 0 Å². The number of fused-ring (bicyclic) bond motifs is 3. The lowest BCUT2D eigenvalue weighted by atomic mass is 10.1. The van der Waals surface area contributed by atoms with Crippen molar-refractivity contribution in [2.24, 2.45) is 0 Å². The number of hydrogen-bond acceptors (Lipinski definition) is 4. The summed E-state index contributed by atoms with van der Waals surface area (Å²) in [5.41, 5.74) is 1.36. The molecule has 3 rings (SSSR count). The molecule has 19 heavy (non-hydrogen) atoms. The highest BCUT2D eigenvalue weighted by molar-refractivity contribution is 9.10. The molecule has 0 aliphatic rings. The molecule has 98 valence electrons. The highest BCUT2D eigenvalue weighted by Crippen LogP contribution is 2.43. The van der Waals surface area contributed by atoms with Crippen LogP contribution in [0, 0.1) is 0 Å². The van der Waals surface area contributed by atoms with Crippen LogP contribution in [-0.2, 0) is 0 Å². The van der Waals surface area contributed by atoms with Crippen LogP contribution in [-0.4, -0.2) is 19.3 Å². The Morgan fingerprint density at radius 3 is 2.58 bits per heavy atom. The summed E-state index contributed by atoms with van der Waals surface area (Å²) in [6.07, 6.45) is 0. The highest BCUT2D eigenvalue weighted by Gasteiger charge is 2.17. The van der Waals surface area contributed by atoms with E-state index in [-0.39, 0.29) is 5.75 Å². The SMILES string of the molecule is COc1ccc2oc3cc(Br)c(O)cc3c2c1OC. The maximum atomic E-state index is 9.82. The third-order valence-corrected chi connectivity index (χ3v) is 3.68.